The summed E-state index contributed by atoms with van der Waals surface area (Å²) in [4.78, 5) is 23.7. The Hall–Kier alpha value is -1.82. The molecule has 24 heavy (non-hydrogen) atoms. The van der Waals surface area contributed by atoms with E-state index in [1.54, 1.807) is 0 Å². The van der Waals surface area contributed by atoms with Gasteiger partial charge in [0.2, 0.25) is 5.91 Å². The third-order valence-electron chi connectivity index (χ3n) is 3.08. The summed E-state index contributed by atoms with van der Waals surface area (Å²) in [5.74, 6) is -1.11. The maximum atomic E-state index is 12.8. The van der Waals surface area contributed by atoms with Gasteiger partial charge in [0, 0.05) is 23.4 Å². The molecule has 0 saturated heterocycles. The SMILES string of the molecule is O=C(CCC(=O)c1ccc(F)cc1)NNc1c(Cl)cc(Cl)cc1Cl. The van der Waals surface area contributed by atoms with Gasteiger partial charge in [-0.2, -0.15) is 0 Å². The highest BCUT2D eigenvalue weighted by atomic mass is 35.5. The Morgan fingerprint density at radius 3 is 2.12 bits per heavy atom. The van der Waals surface area contributed by atoms with Gasteiger partial charge >= 0.3 is 0 Å². The van der Waals surface area contributed by atoms with Crippen molar-refractivity contribution in [2.24, 2.45) is 0 Å². The molecule has 126 valence electrons. The third kappa shape index (κ3) is 5.09. The van der Waals surface area contributed by atoms with E-state index in [0.29, 0.717) is 16.3 Å². The predicted molar refractivity (Wildman–Crippen MR) is 93.2 cm³/mol. The highest BCUT2D eigenvalue weighted by Crippen LogP contribution is 2.33. The molecule has 0 saturated carbocycles. The molecule has 0 aromatic heterocycles. The number of carbonyl (C=O) groups is 2. The highest BCUT2D eigenvalue weighted by molar-refractivity contribution is 6.41. The van der Waals surface area contributed by atoms with Gasteiger partial charge < -0.3 is 0 Å². The Morgan fingerprint density at radius 2 is 1.54 bits per heavy atom. The molecule has 0 aliphatic carbocycles. The average molecular weight is 390 g/mol. The second-order valence-electron chi connectivity index (χ2n) is 4.85. The minimum absolute atomic E-state index is 0.0127. The van der Waals surface area contributed by atoms with Crippen LogP contribution in [0.1, 0.15) is 23.2 Å². The molecular formula is C16H12Cl3FN2O2. The van der Waals surface area contributed by atoms with Crippen LogP contribution < -0.4 is 10.9 Å². The topological polar surface area (TPSA) is 58.2 Å². The zero-order chi connectivity index (χ0) is 17.7. The molecule has 0 unspecified atom stereocenters. The van der Waals surface area contributed by atoms with Crippen molar-refractivity contribution in [3.63, 3.8) is 0 Å². The summed E-state index contributed by atoms with van der Waals surface area (Å²) >= 11 is 17.7. The Bertz CT molecular complexity index is 743. The molecule has 0 heterocycles. The molecule has 0 aliphatic rings. The molecular weight excluding hydrogens is 378 g/mol. The van der Waals surface area contributed by atoms with E-state index in [4.69, 9.17) is 34.8 Å². The Labute approximate surface area is 152 Å². The lowest BCUT2D eigenvalue weighted by atomic mass is 10.1. The first-order chi connectivity index (χ1) is 11.4. The summed E-state index contributed by atoms with van der Waals surface area (Å²) < 4.78 is 12.8. The standard InChI is InChI=1S/C16H12Cl3FN2O2/c17-10-7-12(18)16(13(19)8-10)22-21-15(24)6-5-14(23)9-1-3-11(20)4-2-9/h1-4,7-8,22H,5-6H2,(H,21,24). The summed E-state index contributed by atoms with van der Waals surface area (Å²) in [6, 6.07) is 8.09. The van der Waals surface area contributed by atoms with Crippen molar-refractivity contribution in [2.45, 2.75) is 12.8 Å². The average Bonchev–Trinajstić information content (AvgIpc) is 2.52. The summed E-state index contributed by atoms with van der Waals surface area (Å²) in [7, 11) is 0. The van der Waals surface area contributed by atoms with Gasteiger partial charge in [0.25, 0.3) is 0 Å². The lowest BCUT2D eigenvalue weighted by molar-refractivity contribution is -0.120. The van der Waals surface area contributed by atoms with Crippen molar-refractivity contribution in [1.29, 1.82) is 0 Å². The molecule has 1 amide bonds. The fourth-order valence-electron chi connectivity index (χ4n) is 1.86. The van der Waals surface area contributed by atoms with Gasteiger partial charge in [-0.15, -0.1) is 0 Å². The van der Waals surface area contributed by atoms with Crippen molar-refractivity contribution >= 4 is 52.2 Å². The van der Waals surface area contributed by atoms with E-state index < -0.39 is 11.7 Å². The third-order valence-corrected chi connectivity index (χ3v) is 3.89. The van der Waals surface area contributed by atoms with E-state index in [2.05, 4.69) is 10.9 Å². The maximum Gasteiger partial charge on any atom is 0.238 e. The number of rotatable bonds is 6. The lowest BCUT2D eigenvalue weighted by Gasteiger charge is -2.12. The second-order valence-corrected chi connectivity index (χ2v) is 6.10. The van der Waals surface area contributed by atoms with Gasteiger partial charge in [-0.25, -0.2) is 4.39 Å². The summed E-state index contributed by atoms with van der Waals surface area (Å²) in [5, 5.41) is 0.858. The van der Waals surface area contributed by atoms with E-state index in [1.807, 2.05) is 0 Å². The monoisotopic (exact) mass is 388 g/mol. The number of halogens is 4. The molecule has 0 aliphatic heterocycles. The van der Waals surface area contributed by atoms with Crippen molar-refractivity contribution in [3.05, 3.63) is 62.8 Å². The van der Waals surface area contributed by atoms with Crippen molar-refractivity contribution < 1.29 is 14.0 Å². The number of benzene rings is 2. The van der Waals surface area contributed by atoms with Gasteiger partial charge in [0.15, 0.2) is 5.78 Å². The molecule has 0 atom stereocenters. The molecule has 2 aromatic carbocycles. The van der Waals surface area contributed by atoms with E-state index in [-0.39, 0.29) is 28.7 Å². The van der Waals surface area contributed by atoms with Gasteiger partial charge in [-0.1, -0.05) is 34.8 Å². The molecule has 0 spiro atoms. The number of carbonyl (C=O) groups excluding carboxylic acids is 2. The summed E-state index contributed by atoms with van der Waals surface area (Å²) in [6.07, 6.45) is -0.0622. The fourth-order valence-corrected chi connectivity index (χ4v) is 2.77. The number of nitrogens with one attached hydrogen (secondary N) is 2. The smallest absolute Gasteiger partial charge is 0.238 e. The van der Waals surface area contributed by atoms with Gasteiger partial charge in [0.05, 0.1) is 15.7 Å². The number of ketones is 1. The zero-order valence-electron chi connectivity index (χ0n) is 12.2. The minimum atomic E-state index is -0.426. The van der Waals surface area contributed by atoms with E-state index >= 15 is 0 Å². The molecule has 0 bridgehead atoms. The van der Waals surface area contributed by atoms with Crippen LogP contribution in [0.25, 0.3) is 0 Å². The van der Waals surface area contributed by atoms with Crippen LogP contribution in [-0.4, -0.2) is 11.7 Å². The first-order valence-electron chi connectivity index (χ1n) is 6.85. The van der Waals surface area contributed by atoms with E-state index in [0.717, 1.165) is 0 Å². The molecule has 2 rings (SSSR count). The first-order valence-corrected chi connectivity index (χ1v) is 7.98. The zero-order valence-corrected chi connectivity index (χ0v) is 14.5. The lowest BCUT2D eigenvalue weighted by Crippen LogP contribution is -2.29. The first kappa shape index (κ1) is 18.5. The van der Waals surface area contributed by atoms with Crippen LogP contribution in [-0.2, 0) is 4.79 Å². The summed E-state index contributed by atoms with van der Waals surface area (Å²) in [5.41, 5.74) is 5.65. The molecule has 2 N–H and O–H groups in total. The van der Waals surface area contributed by atoms with Crippen LogP contribution in [0.15, 0.2) is 36.4 Å². The number of amides is 1. The predicted octanol–water partition coefficient (Wildman–Crippen LogP) is 4.89. The number of hydrogen-bond donors (Lipinski definition) is 2. The minimum Gasteiger partial charge on any atom is -0.296 e. The quantitative estimate of drug-likeness (QED) is 0.546. The summed E-state index contributed by atoms with van der Waals surface area (Å²) in [6.45, 7) is 0. The molecule has 0 radical (unpaired) electrons. The maximum absolute atomic E-state index is 12.8. The van der Waals surface area contributed by atoms with Crippen LogP contribution >= 0.6 is 34.8 Å². The van der Waals surface area contributed by atoms with Crippen LogP contribution in [0.3, 0.4) is 0 Å². The number of hydrazine groups is 1. The molecule has 0 fully saturated rings. The molecule has 8 heteroatoms. The van der Waals surface area contributed by atoms with Gasteiger partial charge in [-0.3, -0.25) is 20.4 Å². The normalized spacial score (nSPS) is 10.3. The Morgan fingerprint density at radius 1 is 0.958 bits per heavy atom. The van der Waals surface area contributed by atoms with Crippen molar-refractivity contribution in [3.8, 4) is 0 Å². The molecule has 4 nitrogen and oxygen atoms in total. The number of hydrogen-bond acceptors (Lipinski definition) is 3. The van der Waals surface area contributed by atoms with E-state index in [1.165, 1.54) is 36.4 Å². The van der Waals surface area contributed by atoms with Crippen LogP contribution in [0.4, 0.5) is 10.1 Å². The van der Waals surface area contributed by atoms with E-state index in [9.17, 15) is 14.0 Å². The van der Waals surface area contributed by atoms with Crippen LogP contribution in [0.2, 0.25) is 15.1 Å². The molecule has 2 aromatic rings. The number of Topliss-reactive ketones (excluding diaryl/α,β-unsaturated/α-hetero) is 1. The second kappa shape index (κ2) is 8.33. The van der Waals surface area contributed by atoms with Crippen molar-refractivity contribution in [2.75, 3.05) is 5.43 Å². The van der Waals surface area contributed by atoms with Gasteiger partial charge in [0.1, 0.15) is 5.82 Å². The highest BCUT2D eigenvalue weighted by Gasteiger charge is 2.11. The number of anilines is 1. The fraction of sp³-hybridized carbons (Fsp3) is 0.125. The largest absolute Gasteiger partial charge is 0.296 e. The Balaban J connectivity index is 1.86. The Kier molecular flexibility index (Phi) is 6.43. The van der Waals surface area contributed by atoms with Crippen LogP contribution in [0.5, 0.6) is 0 Å². The van der Waals surface area contributed by atoms with Gasteiger partial charge in [-0.05, 0) is 36.4 Å². The van der Waals surface area contributed by atoms with Crippen molar-refractivity contribution in [1.82, 2.24) is 5.43 Å². The van der Waals surface area contributed by atoms with Crippen LogP contribution in [0, 0.1) is 5.82 Å².